The molecule has 4 nitrogen and oxygen atoms in total. The molecule has 3 rings (SSSR count). The van der Waals surface area contributed by atoms with Crippen LogP contribution in [-0.2, 0) is 16.9 Å². The van der Waals surface area contributed by atoms with Crippen LogP contribution in [0.2, 0.25) is 0 Å². The molecule has 0 saturated carbocycles. The van der Waals surface area contributed by atoms with Crippen LogP contribution >= 0.6 is 0 Å². The number of benzene rings is 2. The zero-order chi connectivity index (χ0) is 16.6. The number of carbonyl (C=O) groups is 2. The molecule has 1 N–H and O–H groups in total. The first-order valence-electron chi connectivity index (χ1n) is 7.06. The molecule has 0 spiro atoms. The van der Waals surface area contributed by atoms with E-state index in [1.165, 1.54) is 12.1 Å². The van der Waals surface area contributed by atoms with Gasteiger partial charge >= 0.3 is 6.03 Å². The van der Waals surface area contributed by atoms with Gasteiger partial charge in [-0.15, -0.1) is 0 Å². The average molecular weight is 316 g/mol. The highest BCUT2D eigenvalue weighted by atomic mass is 19.2. The van der Waals surface area contributed by atoms with Crippen LogP contribution in [0.4, 0.5) is 13.6 Å². The van der Waals surface area contributed by atoms with Gasteiger partial charge in [-0.2, -0.15) is 0 Å². The Morgan fingerprint density at radius 3 is 2.43 bits per heavy atom. The number of rotatable bonds is 3. The van der Waals surface area contributed by atoms with Gasteiger partial charge in [0.15, 0.2) is 11.6 Å². The van der Waals surface area contributed by atoms with Crippen LogP contribution in [0.1, 0.15) is 18.1 Å². The molecular formula is C17H14F2N2O2. The Morgan fingerprint density at radius 1 is 1.04 bits per heavy atom. The van der Waals surface area contributed by atoms with Crippen LogP contribution in [-0.4, -0.2) is 16.8 Å². The molecule has 6 heteroatoms. The molecule has 23 heavy (non-hydrogen) atoms. The van der Waals surface area contributed by atoms with Crippen molar-refractivity contribution in [1.29, 1.82) is 0 Å². The number of halogens is 2. The van der Waals surface area contributed by atoms with E-state index in [1.54, 1.807) is 37.3 Å². The molecule has 0 aliphatic carbocycles. The summed E-state index contributed by atoms with van der Waals surface area (Å²) in [6.07, 6.45) is 0. The second-order valence-electron chi connectivity index (χ2n) is 5.53. The summed E-state index contributed by atoms with van der Waals surface area (Å²) in [6.45, 7) is 1.27. The van der Waals surface area contributed by atoms with Crippen molar-refractivity contribution in [3.8, 4) is 0 Å². The van der Waals surface area contributed by atoms with Crippen molar-refractivity contribution in [3.05, 3.63) is 71.3 Å². The Kier molecular flexibility index (Phi) is 3.60. The summed E-state index contributed by atoms with van der Waals surface area (Å²) >= 11 is 0. The molecule has 118 valence electrons. The maximum atomic E-state index is 13.8. The van der Waals surface area contributed by atoms with Crippen molar-refractivity contribution >= 4 is 11.9 Å². The number of hydrogen-bond donors (Lipinski definition) is 1. The Labute approximate surface area is 131 Å². The molecule has 1 unspecified atom stereocenters. The van der Waals surface area contributed by atoms with Gasteiger partial charge in [0.1, 0.15) is 5.54 Å². The molecule has 1 atom stereocenters. The monoisotopic (exact) mass is 316 g/mol. The fourth-order valence-electron chi connectivity index (χ4n) is 2.65. The second kappa shape index (κ2) is 5.46. The minimum atomic E-state index is -1.22. The van der Waals surface area contributed by atoms with Gasteiger partial charge in [0.2, 0.25) is 0 Å². The van der Waals surface area contributed by atoms with Gasteiger partial charge in [0.05, 0.1) is 6.54 Å². The molecule has 1 heterocycles. The minimum Gasteiger partial charge on any atom is -0.319 e. The van der Waals surface area contributed by atoms with Crippen LogP contribution in [0.3, 0.4) is 0 Å². The van der Waals surface area contributed by atoms with E-state index in [-0.39, 0.29) is 12.1 Å². The first-order chi connectivity index (χ1) is 10.9. The Bertz CT molecular complexity index is 779. The predicted octanol–water partition coefficient (Wildman–Crippen LogP) is 2.93. The van der Waals surface area contributed by atoms with Gasteiger partial charge in [-0.05, 0) is 18.6 Å². The van der Waals surface area contributed by atoms with Crippen LogP contribution in [0, 0.1) is 11.6 Å². The number of amides is 3. The summed E-state index contributed by atoms with van der Waals surface area (Å²) in [7, 11) is 0. The molecule has 2 aromatic rings. The summed E-state index contributed by atoms with van der Waals surface area (Å²) in [6, 6.07) is 11.8. The van der Waals surface area contributed by atoms with Crippen molar-refractivity contribution in [1.82, 2.24) is 10.2 Å². The molecule has 0 aromatic heterocycles. The number of hydrogen-bond acceptors (Lipinski definition) is 2. The lowest BCUT2D eigenvalue weighted by molar-refractivity contribution is -0.131. The molecule has 0 radical (unpaired) electrons. The van der Waals surface area contributed by atoms with Crippen molar-refractivity contribution in [3.63, 3.8) is 0 Å². The van der Waals surface area contributed by atoms with Crippen LogP contribution in [0.25, 0.3) is 0 Å². The minimum absolute atomic E-state index is 0.0502. The number of nitrogens with zero attached hydrogens (tertiary/aromatic N) is 1. The summed E-state index contributed by atoms with van der Waals surface area (Å²) in [5.74, 6) is -2.57. The number of imide groups is 1. The highest BCUT2D eigenvalue weighted by molar-refractivity contribution is 6.07. The zero-order valence-corrected chi connectivity index (χ0v) is 12.3. The van der Waals surface area contributed by atoms with E-state index in [0.29, 0.717) is 5.56 Å². The smallest absolute Gasteiger partial charge is 0.319 e. The number of nitrogens with one attached hydrogen (secondary N) is 1. The number of carbonyl (C=O) groups excluding carboxylic acids is 2. The van der Waals surface area contributed by atoms with Gasteiger partial charge in [0.25, 0.3) is 5.91 Å². The highest BCUT2D eigenvalue weighted by Crippen LogP contribution is 2.30. The molecule has 3 amide bonds. The fraction of sp³-hybridized carbons (Fsp3) is 0.176. The van der Waals surface area contributed by atoms with Crippen molar-refractivity contribution in [2.24, 2.45) is 0 Å². The lowest BCUT2D eigenvalue weighted by Gasteiger charge is -2.22. The van der Waals surface area contributed by atoms with Crippen LogP contribution in [0.15, 0.2) is 48.5 Å². The molecule has 1 aliphatic rings. The van der Waals surface area contributed by atoms with E-state index < -0.39 is 29.1 Å². The summed E-state index contributed by atoms with van der Waals surface area (Å²) < 4.78 is 27.1. The van der Waals surface area contributed by atoms with E-state index in [9.17, 15) is 18.4 Å². The van der Waals surface area contributed by atoms with Gasteiger partial charge < -0.3 is 5.32 Å². The maximum Gasteiger partial charge on any atom is 0.325 e. The van der Waals surface area contributed by atoms with E-state index in [0.717, 1.165) is 11.0 Å². The van der Waals surface area contributed by atoms with E-state index in [4.69, 9.17) is 0 Å². The van der Waals surface area contributed by atoms with Crippen molar-refractivity contribution < 1.29 is 18.4 Å². The van der Waals surface area contributed by atoms with Crippen LogP contribution in [0.5, 0.6) is 0 Å². The summed E-state index contributed by atoms with van der Waals surface area (Å²) in [4.78, 5) is 25.7. The summed E-state index contributed by atoms with van der Waals surface area (Å²) in [5, 5.41) is 2.62. The van der Waals surface area contributed by atoms with Gasteiger partial charge in [-0.1, -0.05) is 42.5 Å². The first kappa shape index (κ1) is 15.1. The molecule has 1 fully saturated rings. The van der Waals surface area contributed by atoms with Crippen LogP contribution < -0.4 is 5.32 Å². The molecule has 2 aromatic carbocycles. The third-order valence-corrected chi connectivity index (χ3v) is 3.99. The topological polar surface area (TPSA) is 49.4 Å². The normalized spacial score (nSPS) is 20.7. The molecule has 1 saturated heterocycles. The zero-order valence-electron chi connectivity index (χ0n) is 12.3. The quantitative estimate of drug-likeness (QED) is 0.885. The first-order valence-corrected chi connectivity index (χ1v) is 7.06. The Balaban J connectivity index is 1.92. The van der Waals surface area contributed by atoms with E-state index in [1.807, 2.05) is 0 Å². The van der Waals surface area contributed by atoms with E-state index in [2.05, 4.69) is 5.32 Å². The van der Waals surface area contributed by atoms with Crippen molar-refractivity contribution in [2.45, 2.75) is 19.0 Å². The summed E-state index contributed by atoms with van der Waals surface area (Å²) in [5.41, 5.74) is -0.645. The predicted molar refractivity (Wildman–Crippen MR) is 79.2 cm³/mol. The molecular weight excluding hydrogens is 302 g/mol. The maximum absolute atomic E-state index is 13.8. The SMILES string of the molecule is CC1(c2ccccc2)NC(=O)N(Cc2cccc(F)c2F)C1=O. The van der Waals surface area contributed by atoms with Gasteiger partial charge in [-0.3, -0.25) is 9.69 Å². The Morgan fingerprint density at radius 2 is 1.74 bits per heavy atom. The third-order valence-electron chi connectivity index (χ3n) is 3.99. The molecule has 1 aliphatic heterocycles. The number of urea groups is 1. The standard InChI is InChI=1S/C17H14F2N2O2/c1-17(12-7-3-2-4-8-12)15(22)21(16(23)20-17)10-11-6-5-9-13(18)14(11)19/h2-9H,10H2,1H3,(H,20,23). The van der Waals surface area contributed by atoms with E-state index >= 15 is 0 Å². The van der Waals surface area contributed by atoms with Crippen molar-refractivity contribution in [2.75, 3.05) is 0 Å². The lowest BCUT2D eigenvalue weighted by atomic mass is 9.92. The van der Waals surface area contributed by atoms with Gasteiger partial charge in [0, 0.05) is 5.56 Å². The highest BCUT2D eigenvalue weighted by Gasteiger charge is 2.48. The second-order valence-corrected chi connectivity index (χ2v) is 5.53. The largest absolute Gasteiger partial charge is 0.325 e. The molecule has 0 bridgehead atoms. The van der Waals surface area contributed by atoms with Gasteiger partial charge in [-0.25, -0.2) is 13.6 Å². The third kappa shape index (κ3) is 2.46. The lowest BCUT2D eigenvalue weighted by Crippen LogP contribution is -2.40. The Hall–Kier alpha value is -2.76. The fourth-order valence-corrected chi connectivity index (χ4v) is 2.65. The average Bonchev–Trinajstić information content (AvgIpc) is 2.77.